The number of pyridine rings is 1. The molecule has 1 N–H and O–H groups in total. The Morgan fingerprint density at radius 1 is 1.40 bits per heavy atom. The molecule has 1 fully saturated rings. The number of carbonyl (C=O) groups is 1. The van der Waals surface area contributed by atoms with Crippen molar-refractivity contribution < 1.29 is 4.79 Å². The van der Waals surface area contributed by atoms with Crippen molar-refractivity contribution in [2.45, 2.75) is 51.6 Å². The molecular weight excluding hydrogens is 394 g/mol. The van der Waals surface area contributed by atoms with E-state index in [1.165, 1.54) is 16.9 Å². The number of hydrogen-bond donors (Lipinski definition) is 1. The summed E-state index contributed by atoms with van der Waals surface area (Å²) in [6.07, 6.45) is 3.50. The predicted octanol–water partition coefficient (Wildman–Crippen LogP) is 4.09. The van der Waals surface area contributed by atoms with Crippen molar-refractivity contribution in [2.24, 2.45) is 0 Å². The molecule has 154 valence electrons. The number of anilines is 1. The molecule has 0 radical (unpaired) electrons. The van der Waals surface area contributed by atoms with Gasteiger partial charge >= 0.3 is 0 Å². The Morgan fingerprint density at radius 2 is 2.20 bits per heavy atom. The molecule has 0 unspecified atom stereocenters. The zero-order valence-corrected chi connectivity index (χ0v) is 18.3. The zero-order valence-electron chi connectivity index (χ0n) is 17.5. The maximum atomic E-state index is 12.9. The number of aryl methyl sites for hydroxylation is 1. The van der Waals surface area contributed by atoms with Crippen molar-refractivity contribution in [3.8, 4) is 6.07 Å². The molecule has 1 saturated heterocycles. The van der Waals surface area contributed by atoms with Crippen molar-refractivity contribution in [3.05, 3.63) is 53.2 Å². The van der Waals surface area contributed by atoms with Crippen LogP contribution in [-0.2, 0) is 16.8 Å². The average molecular weight is 420 g/mol. The molecule has 4 rings (SSSR count). The van der Waals surface area contributed by atoms with E-state index in [9.17, 15) is 10.1 Å². The summed E-state index contributed by atoms with van der Waals surface area (Å²) in [6.45, 7) is 7.15. The minimum atomic E-state index is -0.600. The van der Waals surface area contributed by atoms with Crippen molar-refractivity contribution in [2.75, 3.05) is 11.4 Å². The number of nitrogens with zero attached hydrogens (tertiary/aromatic N) is 4. The average Bonchev–Trinajstić information content (AvgIpc) is 3.39. The Hall–Kier alpha value is -2.98. The van der Waals surface area contributed by atoms with E-state index >= 15 is 0 Å². The van der Waals surface area contributed by atoms with Gasteiger partial charge in [0.2, 0.25) is 5.91 Å². The first kappa shape index (κ1) is 20.3. The standard InChI is InChI=1S/C23H25N5OS/c1-15-7-4-5-8-16(15)12-26-21(29)18-9-6-10-28(18)22-27-20-19(30-22)11-17(13-25-20)23(2,3)14-24/h4-5,7-8,11,13,18H,6,9-10,12H2,1-3H3,(H,26,29)/t18-/m1/s1. The minimum absolute atomic E-state index is 0.0364. The number of benzene rings is 1. The van der Waals surface area contributed by atoms with E-state index in [1.807, 2.05) is 38.1 Å². The second kappa shape index (κ2) is 8.04. The molecule has 0 saturated carbocycles. The molecule has 1 aliphatic rings. The number of hydrogen-bond acceptors (Lipinski definition) is 6. The largest absolute Gasteiger partial charge is 0.350 e. The van der Waals surface area contributed by atoms with E-state index < -0.39 is 5.41 Å². The van der Waals surface area contributed by atoms with Crippen molar-refractivity contribution in [3.63, 3.8) is 0 Å². The zero-order chi connectivity index (χ0) is 21.3. The van der Waals surface area contributed by atoms with Gasteiger partial charge in [-0.25, -0.2) is 4.98 Å². The third kappa shape index (κ3) is 3.88. The highest BCUT2D eigenvalue weighted by Gasteiger charge is 2.33. The van der Waals surface area contributed by atoms with Gasteiger partial charge in [-0.2, -0.15) is 10.2 Å². The second-order valence-corrected chi connectivity index (χ2v) is 9.28. The van der Waals surface area contributed by atoms with Crippen molar-refractivity contribution in [1.29, 1.82) is 5.26 Å². The van der Waals surface area contributed by atoms with Crippen LogP contribution < -0.4 is 10.2 Å². The number of amides is 1. The Kier molecular flexibility index (Phi) is 5.44. The van der Waals surface area contributed by atoms with Gasteiger partial charge in [-0.05, 0) is 56.4 Å². The highest BCUT2D eigenvalue weighted by molar-refractivity contribution is 7.22. The summed E-state index contributed by atoms with van der Waals surface area (Å²) in [6, 6.07) is 12.2. The number of rotatable bonds is 5. The van der Waals surface area contributed by atoms with Crippen molar-refractivity contribution >= 4 is 32.7 Å². The quantitative estimate of drug-likeness (QED) is 0.674. The molecule has 1 amide bonds. The maximum Gasteiger partial charge on any atom is 0.243 e. The molecule has 7 heteroatoms. The fraction of sp³-hybridized carbons (Fsp3) is 0.391. The number of nitriles is 1. The van der Waals surface area contributed by atoms with Gasteiger partial charge in [0.1, 0.15) is 6.04 Å². The smallest absolute Gasteiger partial charge is 0.243 e. The van der Waals surface area contributed by atoms with Gasteiger partial charge in [0, 0.05) is 19.3 Å². The highest BCUT2D eigenvalue weighted by atomic mass is 32.1. The normalized spacial score (nSPS) is 16.6. The van der Waals surface area contributed by atoms with Gasteiger partial charge in [0.15, 0.2) is 10.8 Å². The van der Waals surface area contributed by atoms with E-state index in [4.69, 9.17) is 0 Å². The van der Waals surface area contributed by atoms with Crippen molar-refractivity contribution in [1.82, 2.24) is 15.3 Å². The molecule has 0 spiro atoms. The fourth-order valence-electron chi connectivity index (χ4n) is 3.71. The van der Waals surface area contributed by atoms with Gasteiger partial charge < -0.3 is 10.2 Å². The summed E-state index contributed by atoms with van der Waals surface area (Å²) < 4.78 is 0.941. The first-order valence-electron chi connectivity index (χ1n) is 10.2. The summed E-state index contributed by atoms with van der Waals surface area (Å²) in [5.41, 5.74) is 3.25. The van der Waals surface area contributed by atoms with Gasteiger partial charge in [0.05, 0.1) is 16.2 Å². The first-order valence-corrected chi connectivity index (χ1v) is 11.0. The molecule has 3 heterocycles. The van der Waals surface area contributed by atoms with Gasteiger partial charge in [0.25, 0.3) is 0 Å². The van der Waals surface area contributed by atoms with Crippen LogP contribution in [0.4, 0.5) is 5.13 Å². The number of thiazole rings is 1. The van der Waals surface area contributed by atoms with E-state index in [2.05, 4.69) is 39.2 Å². The predicted molar refractivity (Wildman–Crippen MR) is 119 cm³/mol. The van der Waals surface area contributed by atoms with E-state index in [0.717, 1.165) is 40.3 Å². The lowest BCUT2D eigenvalue weighted by atomic mass is 9.88. The van der Waals surface area contributed by atoms with E-state index in [1.54, 1.807) is 6.20 Å². The number of aromatic nitrogens is 2. The molecule has 30 heavy (non-hydrogen) atoms. The Bertz CT molecular complexity index is 1130. The topological polar surface area (TPSA) is 81.9 Å². The minimum Gasteiger partial charge on any atom is -0.350 e. The Morgan fingerprint density at radius 3 is 2.97 bits per heavy atom. The molecule has 0 aliphatic carbocycles. The van der Waals surface area contributed by atoms with Crippen LogP contribution in [0.25, 0.3) is 10.3 Å². The van der Waals surface area contributed by atoms with Crippen LogP contribution in [0.15, 0.2) is 36.5 Å². The Labute approximate surface area is 180 Å². The number of fused-ring (bicyclic) bond motifs is 1. The number of nitrogens with one attached hydrogen (secondary N) is 1. The second-order valence-electron chi connectivity index (χ2n) is 8.27. The molecular formula is C23H25N5OS. The van der Waals surface area contributed by atoms with E-state index in [0.29, 0.717) is 12.2 Å². The summed E-state index contributed by atoms with van der Waals surface area (Å²) in [5, 5.41) is 13.3. The third-order valence-corrected chi connectivity index (χ3v) is 6.78. The molecule has 0 bridgehead atoms. The molecule has 1 aromatic carbocycles. The summed E-state index contributed by atoms with van der Waals surface area (Å²) in [7, 11) is 0. The maximum absolute atomic E-state index is 12.9. The monoisotopic (exact) mass is 419 g/mol. The van der Waals surface area contributed by atoms with Crippen LogP contribution in [-0.4, -0.2) is 28.5 Å². The van der Waals surface area contributed by atoms with Gasteiger partial charge in [-0.3, -0.25) is 4.79 Å². The fourth-order valence-corrected chi connectivity index (χ4v) is 4.75. The van der Waals surface area contributed by atoms with Crippen LogP contribution in [0.3, 0.4) is 0 Å². The molecule has 3 aromatic rings. The lowest BCUT2D eigenvalue weighted by Crippen LogP contribution is -2.43. The van der Waals surface area contributed by atoms with Crippen LogP contribution in [0.5, 0.6) is 0 Å². The summed E-state index contributed by atoms with van der Waals surface area (Å²) in [4.78, 5) is 24.2. The van der Waals surface area contributed by atoms with Crippen LogP contribution in [0.2, 0.25) is 0 Å². The van der Waals surface area contributed by atoms with Gasteiger partial charge in [-0.1, -0.05) is 35.6 Å². The molecule has 2 aromatic heterocycles. The summed E-state index contributed by atoms with van der Waals surface area (Å²) in [5.74, 6) is 0.0364. The van der Waals surface area contributed by atoms with Gasteiger partial charge in [-0.15, -0.1) is 0 Å². The van der Waals surface area contributed by atoms with Crippen LogP contribution in [0.1, 0.15) is 43.4 Å². The Balaban J connectivity index is 1.53. The SMILES string of the molecule is Cc1ccccc1CNC(=O)[C@H]1CCCN1c1nc2ncc(C(C)(C)C#N)cc2s1. The highest BCUT2D eigenvalue weighted by Crippen LogP contribution is 2.34. The van der Waals surface area contributed by atoms with Crippen LogP contribution in [0, 0.1) is 18.3 Å². The van der Waals surface area contributed by atoms with Crippen LogP contribution >= 0.6 is 11.3 Å². The lowest BCUT2D eigenvalue weighted by molar-refractivity contribution is -0.122. The first-order chi connectivity index (χ1) is 14.4. The number of carbonyl (C=O) groups excluding carboxylic acids is 1. The molecule has 1 atom stereocenters. The third-order valence-electron chi connectivity index (χ3n) is 5.75. The summed E-state index contributed by atoms with van der Waals surface area (Å²) >= 11 is 1.54. The molecule has 6 nitrogen and oxygen atoms in total. The van der Waals surface area contributed by atoms with E-state index in [-0.39, 0.29) is 11.9 Å². The molecule has 1 aliphatic heterocycles. The lowest BCUT2D eigenvalue weighted by Gasteiger charge is -2.23.